The number of ether oxygens (including phenoxy) is 2. The molecule has 20 heavy (non-hydrogen) atoms. The Labute approximate surface area is 117 Å². The van der Waals surface area contributed by atoms with Crippen LogP contribution in [0, 0.1) is 5.92 Å². The minimum absolute atomic E-state index is 0.300. The summed E-state index contributed by atoms with van der Waals surface area (Å²) >= 11 is 0. The molecule has 0 aromatic heterocycles. The molecule has 0 amide bonds. The zero-order chi connectivity index (χ0) is 14.5. The molecule has 1 aliphatic heterocycles. The van der Waals surface area contributed by atoms with Gasteiger partial charge in [-0.15, -0.1) is 0 Å². The van der Waals surface area contributed by atoms with Crippen molar-refractivity contribution in [2.24, 2.45) is 5.92 Å². The largest absolute Gasteiger partial charge is 0.469 e. The van der Waals surface area contributed by atoms with Crippen LogP contribution in [0.2, 0.25) is 0 Å². The van der Waals surface area contributed by atoms with Gasteiger partial charge < -0.3 is 14.8 Å². The molecule has 0 spiro atoms. The minimum Gasteiger partial charge on any atom is -0.469 e. The van der Waals surface area contributed by atoms with Gasteiger partial charge >= 0.3 is 11.9 Å². The lowest BCUT2D eigenvalue weighted by Crippen LogP contribution is -2.38. The molecule has 0 bridgehead atoms. The van der Waals surface area contributed by atoms with Crippen molar-refractivity contribution in [1.29, 1.82) is 0 Å². The average molecular weight is 275 g/mol. The molecule has 0 saturated heterocycles. The predicted octanol–water partition coefficient (Wildman–Crippen LogP) is 1.57. The third-order valence-electron chi connectivity index (χ3n) is 3.36. The van der Waals surface area contributed by atoms with Gasteiger partial charge in [-0.05, 0) is 12.0 Å². The van der Waals surface area contributed by atoms with Crippen molar-refractivity contribution in [3.63, 3.8) is 0 Å². The van der Waals surface area contributed by atoms with Crippen molar-refractivity contribution in [2.75, 3.05) is 14.2 Å². The van der Waals surface area contributed by atoms with Crippen LogP contribution in [0.15, 0.2) is 42.1 Å². The maximum atomic E-state index is 11.9. The molecule has 1 aromatic carbocycles. The first-order chi connectivity index (χ1) is 9.67. The molecule has 1 aliphatic rings. The molecule has 0 aliphatic carbocycles. The second-order valence-corrected chi connectivity index (χ2v) is 4.51. The molecule has 5 nitrogen and oxygen atoms in total. The average Bonchev–Trinajstić information content (AvgIpc) is 2.53. The van der Waals surface area contributed by atoms with Crippen molar-refractivity contribution in [2.45, 2.75) is 12.5 Å². The van der Waals surface area contributed by atoms with E-state index in [1.54, 1.807) is 6.08 Å². The second kappa shape index (κ2) is 6.23. The SMILES string of the molecule is COC(=O)C1=CC[C@@H](C(=O)OC)[C@H](c2ccccc2)N1. The fourth-order valence-corrected chi connectivity index (χ4v) is 2.32. The number of nitrogens with one attached hydrogen (secondary N) is 1. The monoisotopic (exact) mass is 275 g/mol. The third kappa shape index (κ3) is 2.82. The fraction of sp³-hybridized carbons (Fsp3) is 0.333. The highest BCUT2D eigenvalue weighted by atomic mass is 16.5. The maximum absolute atomic E-state index is 11.9. The van der Waals surface area contributed by atoms with Gasteiger partial charge in [0.15, 0.2) is 0 Å². The lowest BCUT2D eigenvalue weighted by Gasteiger charge is -2.31. The Morgan fingerprint density at radius 3 is 2.45 bits per heavy atom. The van der Waals surface area contributed by atoms with E-state index in [0.29, 0.717) is 12.1 Å². The summed E-state index contributed by atoms with van der Waals surface area (Å²) in [5.74, 6) is -1.10. The zero-order valence-corrected chi connectivity index (χ0v) is 11.5. The van der Waals surface area contributed by atoms with Crippen LogP contribution in [0.3, 0.4) is 0 Å². The molecule has 0 saturated carbocycles. The maximum Gasteiger partial charge on any atom is 0.353 e. The number of carbonyl (C=O) groups is 2. The highest BCUT2D eigenvalue weighted by Crippen LogP contribution is 2.31. The van der Waals surface area contributed by atoms with E-state index in [9.17, 15) is 9.59 Å². The van der Waals surface area contributed by atoms with Crippen molar-refractivity contribution in [1.82, 2.24) is 5.32 Å². The van der Waals surface area contributed by atoms with Crippen molar-refractivity contribution in [3.8, 4) is 0 Å². The van der Waals surface area contributed by atoms with Crippen LogP contribution in [-0.4, -0.2) is 26.2 Å². The van der Waals surface area contributed by atoms with Gasteiger partial charge in [-0.2, -0.15) is 0 Å². The van der Waals surface area contributed by atoms with Crippen molar-refractivity contribution < 1.29 is 19.1 Å². The van der Waals surface area contributed by atoms with Crippen LogP contribution in [0.1, 0.15) is 18.0 Å². The Balaban J connectivity index is 2.31. The van der Waals surface area contributed by atoms with Gasteiger partial charge in [0.1, 0.15) is 5.70 Å². The Hall–Kier alpha value is -2.30. The Morgan fingerprint density at radius 2 is 1.85 bits per heavy atom. The lowest BCUT2D eigenvalue weighted by atomic mass is 9.87. The molecule has 2 atom stereocenters. The van der Waals surface area contributed by atoms with E-state index >= 15 is 0 Å². The van der Waals surface area contributed by atoms with Crippen LogP contribution in [0.25, 0.3) is 0 Å². The van der Waals surface area contributed by atoms with E-state index in [1.165, 1.54) is 14.2 Å². The molecular weight excluding hydrogens is 258 g/mol. The molecule has 1 aromatic rings. The quantitative estimate of drug-likeness (QED) is 0.848. The molecule has 1 heterocycles. The normalized spacial score (nSPS) is 21.4. The Kier molecular flexibility index (Phi) is 4.40. The molecule has 2 rings (SSSR count). The smallest absolute Gasteiger partial charge is 0.353 e. The topological polar surface area (TPSA) is 64.6 Å². The molecule has 0 radical (unpaired) electrons. The number of rotatable bonds is 3. The first-order valence-corrected chi connectivity index (χ1v) is 6.35. The number of hydrogen-bond acceptors (Lipinski definition) is 5. The fourth-order valence-electron chi connectivity index (χ4n) is 2.32. The van der Waals surface area contributed by atoms with Gasteiger partial charge in [0, 0.05) is 0 Å². The van der Waals surface area contributed by atoms with Gasteiger partial charge in [-0.3, -0.25) is 4.79 Å². The highest BCUT2D eigenvalue weighted by Gasteiger charge is 2.34. The third-order valence-corrected chi connectivity index (χ3v) is 3.36. The highest BCUT2D eigenvalue weighted by molar-refractivity contribution is 5.88. The number of carbonyl (C=O) groups excluding carboxylic acids is 2. The van der Waals surface area contributed by atoms with E-state index in [-0.39, 0.29) is 17.9 Å². The van der Waals surface area contributed by atoms with E-state index in [0.717, 1.165) is 5.56 Å². The van der Waals surface area contributed by atoms with Gasteiger partial charge in [-0.25, -0.2) is 4.79 Å². The van der Waals surface area contributed by atoms with E-state index in [4.69, 9.17) is 9.47 Å². The zero-order valence-electron chi connectivity index (χ0n) is 11.5. The van der Waals surface area contributed by atoms with E-state index in [1.807, 2.05) is 30.3 Å². The molecule has 0 unspecified atom stereocenters. The predicted molar refractivity (Wildman–Crippen MR) is 72.5 cm³/mol. The Morgan fingerprint density at radius 1 is 1.15 bits per heavy atom. The summed E-state index contributed by atoms with van der Waals surface area (Å²) in [5.41, 5.74) is 1.30. The number of methoxy groups -OCH3 is 2. The summed E-state index contributed by atoms with van der Waals surface area (Å²) in [7, 11) is 2.69. The van der Waals surface area contributed by atoms with Crippen LogP contribution in [-0.2, 0) is 19.1 Å². The first kappa shape index (κ1) is 14.1. The standard InChI is InChI=1S/C15H17NO4/c1-19-14(17)11-8-9-12(15(18)20-2)16-13(11)10-6-4-3-5-7-10/h3-7,9,11,13,16H,8H2,1-2H3/t11-,13+/m1/s1. The van der Waals surface area contributed by atoms with Gasteiger partial charge in [0.25, 0.3) is 0 Å². The molecule has 5 heteroatoms. The van der Waals surface area contributed by atoms with E-state index < -0.39 is 5.97 Å². The lowest BCUT2D eigenvalue weighted by molar-refractivity contribution is -0.147. The molecular formula is C15H17NO4. The minimum atomic E-state index is -0.436. The molecule has 0 fully saturated rings. The molecule has 106 valence electrons. The number of esters is 2. The number of allylic oxidation sites excluding steroid dienone is 1. The van der Waals surface area contributed by atoms with Crippen LogP contribution < -0.4 is 5.32 Å². The van der Waals surface area contributed by atoms with Gasteiger partial charge in [-0.1, -0.05) is 36.4 Å². The first-order valence-electron chi connectivity index (χ1n) is 6.35. The van der Waals surface area contributed by atoms with Crippen molar-refractivity contribution in [3.05, 3.63) is 47.7 Å². The summed E-state index contributed by atoms with van der Waals surface area (Å²) in [4.78, 5) is 23.5. The van der Waals surface area contributed by atoms with Crippen LogP contribution >= 0.6 is 0 Å². The summed E-state index contributed by atoms with van der Waals surface area (Å²) < 4.78 is 9.55. The number of hydrogen-bond donors (Lipinski definition) is 1. The van der Waals surface area contributed by atoms with E-state index in [2.05, 4.69) is 5.32 Å². The summed E-state index contributed by atoms with van der Waals surface area (Å²) in [6, 6.07) is 9.20. The van der Waals surface area contributed by atoms with Gasteiger partial charge in [0.05, 0.1) is 26.2 Å². The summed E-state index contributed by atoms with van der Waals surface area (Å²) in [6.07, 6.45) is 2.11. The van der Waals surface area contributed by atoms with Crippen molar-refractivity contribution >= 4 is 11.9 Å². The second-order valence-electron chi connectivity index (χ2n) is 4.51. The number of benzene rings is 1. The van der Waals surface area contributed by atoms with Crippen LogP contribution in [0.5, 0.6) is 0 Å². The van der Waals surface area contributed by atoms with Gasteiger partial charge in [0.2, 0.25) is 0 Å². The van der Waals surface area contributed by atoms with Crippen LogP contribution in [0.4, 0.5) is 0 Å². The molecule has 1 N–H and O–H groups in total. The summed E-state index contributed by atoms with van der Waals surface area (Å²) in [5, 5.41) is 3.07. The Bertz CT molecular complexity index is 524. The summed E-state index contributed by atoms with van der Waals surface area (Å²) in [6.45, 7) is 0.